The number of hydrogen-bond donors (Lipinski definition) is 1. The van der Waals surface area contributed by atoms with E-state index in [0.29, 0.717) is 13.0 Å². The fourth-order valence-electron chi connectivity index (χ4n) is 3.79. The van der Waals surface area contributed by atoms with Crippen molar-refractivity contribution in [2.45, 2.75) is 44.6 Å². The number of aliphatic carboxylic acids is 1. The number of aryl methyl sites for hydroxylation is 1. The highest BCUT2D eigenvalue weighted by molar-refractivity contribution is 7.12. The van der Waals surface area contributed by atoms with Crippen LogP contribution in [0, 0.1) is 6.92 Å². The number of thiophene rings is 1. The van der Waals surface area contributed by atoms with Crippen LogP contribution < -0.4 is 0 Å². The first-order valence-corrected chi connectivity index (χ1v) is 10.3. The third-order valence-electron chi connectivity index (χ3n) is 5.13. The van der Waals surface area contributed by atoms with Gasteiger partial charge in [-0.05, 0) is 36.9 Å². The van der Waals surface area contributed by atoms with Crippen molar-refractivity contribution in [1.29, 1.82) is 0 Å². The van der Waals surface area contributed by atoms with Crippen molar-refractivity contribution in [3.05, 3.63) is 52.0 Å². The van der Waals surface area contributed by atoms with E-state index in [1.54, 1.807) is 0 Å². The minimum absolute atomic E-state index is 0.00286. The van der Waals surface area contributed by atoms with Gasteiger partial charge < -0.3 is 14.9 Å². The van der Waals surface area contributed by atoms with Gasteiger partial charge in [-0.3, -0.25) is 14.6 Å². The molecular weight excluding hydrogens is 435 g/mol. The molecule has 2 aromatic heterocycles. The maximum absolute atomic E-state index is 12.7. The summed E-state index contributed by atoms with van der Waals surface area (Å²) in [6.07, 6.45) is -3.81. The Morgan fingerprint density at radius 3 is 2.52 bits per heavy atom. The zero-order valence-electron chi connectivity index (χ0n) is 16.5. The first kappa shape index (κ1) is 22.7. The predicted octanol–water partition coefficient (Wildman–Crippen LogP) is 3.10. The number of hydrogen-bond acceptors (Lipinski definition) is 5. The van der Waals surface area contributed by atoms with Crippen molar-refractivity contribution in [2.75, 3.05) is 6.54 Å². The summed E-state index contributed by atoms with van der Waals surface area (Å²) in [5, 5.41) is 9.04. The standard InChI is InChI=1S/C18H19N3O2S.C2HF3O2/c1-12-4-2-5-13(19-12)11-21-14-7-8-20(15(14)10-17(21)22)18(23)16-6-3-9-24-16;3-2(4,5)1(6)7/h2-6,9,14-15H,7-8,10-11H2,1H3;(H,6,7)/t14-,15-;/m0./s1. The molecule has 7 nitrogen and oxygen atoms in total. The van der Waals surface area contributed by atoms with Crippen molar-refractivity contribution >= 4 is 29.1 Å². The Bertz CT molecular complexity index is 965. The summed E-state index contributed by atoms with van der Waals surface area (Å²) in [6.45, 7) is 3.20. The molecule has 0 unspecified atom stereocenters. The molecule has 4 rings (SSSR count). The fourth-order valence-corrected chi connectivity index (χ4v) is 4.47. The van der Waals surface area contributed by atoms with Crippen molar-refractivity contribution in [3.8, 4) is 0 Å². The van der Waals surface area contributed by atoms with E-state index in [1.807, 2.05) is 52.4 Å². The van der Waals surface area contributed by atoms with Crippen LogP contribution in [0.3, 0.4) is 0 Å². The predicted molar refractivity (Wildman–Crippen MR) is 105 cm³/mol. The lowest BCUT2D eigenvalue weighted by atomic mass is 10.1. The summed E-state index contributed by atoms with van der Waals surface area (Å²) in [5.41, 5.74) is 1.86. The number of halogens is 3. The van der Waals surface area contributed by atoms with E-state index in [1.165, 1.54) is 11.3 Å². The number of alkyl halides is 3. The highest BCUT2D eigenvalue weighted by Gasteiger charge is 2.48. The summed E-state index contributed by atoms with van der Waals surface area (Å²) in [6, 6.07) is 9.73. The highest BCUT2D eigenvalue weighted by Crippen LogP contribution is 2.34. The van der Waals surface area contributed by atoms with Crippen LogP contribution in [0.2, 0.25) is 0 Å². The Balaban J connectivity index is 0.000000339. The molecule has 0 spiro atoms. The lowest BCUT2D eigenvalue weighted by molar-refractivity contribution is -0.192. The quantitative estimate of drug-likeness (QED) is 0.768. The van der Waals surface area contributed by atoms with E-state index in [9.17, 15) is 22.8 Å². The number of carbonyl (C=O) groups is 3. The average Bonchev–Trinajstić information content (AvgIpc) is 3.40. The minimum Gasteiger partial charge on any atom is -0.475 e. The highest BCUT2D eigenvalue weighted by atomic mass is 32.1. The lowest BCUT2D eigenvalue weighted by Crippen LogP contribution is -2.39. The third-order valence-corrected chi connectivity index (χ3v) is 5.99. The molecule has 2 aliphatic heterocycles. The van der Waals surface area contributed by atoms with E-state index in [4.69, 9.17) is 9.90 Å². The molecule has 0 saturated carbocycles. The first-order chi connectivity index (χ1) is 14.6. The normalized spacial score (nSPS) is 20.3. The first-order valence-electron chi connectivity index (χ1n) is 9.44. The van der Waals surface area contributed by atoms with Gasteiger partial charge in [0.2, 0.25) is 5.91 Å². The van der Waals surface area contributed by atoms with Gasteiger partial charge in [-0.2, -0.15) is 13.2 Å². The summed E-state index contributed by atoms with van der Waals surface area (Å²) in [5.74, 6) is -2.58. The Morgan fingerprint density at radius 1 is 1.23 bits per heavy atom. The topological polar surface area (TPSA) is 90.8 Å². The number of carboxylic acid groups (broad SMARTS) is 1. The Labute approximate surface area is 180 Å². The Morgan fingerprint density at radius 2 is 1.94 bits per heavy atom. The van der Waals surface area contributed by atoms with Gasteiger partial charge in [0.1, 0.15) is 0 Å². The Hall–Kier alpha value is -2.95. The monoisotopic (exact) mass is 455 g/mol. The molecule has 2 amide bonds. The molecule has 4 heterocycles. The van der Waals surface area contributed by atoms with Crippen LogP contribution in [0.1, 0.15) is 33.9 Å². The molecule has 2 aromatic rings. The molecule has 0 aromatic carbocycles. The second-order valence-electron chi connectivity index (χ2n) is 7.20. The number of amides is 2. The molecule has 0 radical (unpaired) electrons. The number of aromatic nitrogens is 1. The third kappa shape index (κ3) is 5.22. The molecule has 0 aliphatic carbocycles. The summed E-state index contributed by atoms with van der Waals surface area (Å²) >= 11 is 1.46. The summed E-state index contributed by atoms with van der Waals surface area (Å²) in [4.78, 5) is 43.1. The van der Waals surface area contributed by atoms with Crippen LogP contribution in [0.15, 0.2) is 35.7 Å². The molecule has 31 heavy (non-hydrogen) atoms. The van der Waals surface area contributed by atoms with Gasteiger partial charge in [-0.1, -0.05) is 12.1 Å². The number of rotatable bonds is 3. The van der Waals surface area contributed by atoms with E-state index in [0.717, 1.165) is 29.2 Å². The molecule has 11 heteroatoms. The van der Waals surface area contributed by atoms with Crippen LogP contribution in [-0.4, -0.2) is 62.5 Å². The fraction of sp³-hybridized carbons (Fsp3) is 0.400. The van der Waals surface area contributed by atoms with Gasteiger partial charge in [0.05, 0.1) is 29.2 Å². The van der Waals surface area contributed by atoms with Crippen LogP contribution >= 0.6 is 11.3 Å². The lowest BCUT2D eigenvalue weighted by Gasteiger charge is -2.25. The van der Waals surface area contributed by atoms with E-state index >= 15 is 0 Å². The van der Waals surface area contributed by atoms with Crippen molar-refractivity contribution in [2.24, 2.45) is 0 Å². The Kier molecular flexibility index (Phi) is 6.63. The number of nitrogens with zero attached hydrogens (tertiary/aromatic N) is 3. The number of likely N-dealkylation sites (tertiary alicyclic amines) is 2. The SMILES string of the molecule is Cc1cccc(CN2C(=O)C[C@H]3[C@@H]2CCN3C(=O)c2cccs2)n1.O=C(O)C(F)(F)F. The van der Waals surface area contributed by atoms with Crippen LogP contribution in [0.5, 0.6) is 0 Å². The molecule has 166 valence electrons. The zero-order chi connectivity index (χ0) is 22.8. The summed E-state index contributed by atoms with van der Waals surface area (Å²) in [7, 11) is 0. The molecule has 2 fully saturated rings. The number of fused-ring (bicyclic) bond motifs is 1. The maximum atomic E-state index is 12.7. The molecule has 0 bridgehead atoms. The average molecular weight is 455 g/mol. The minimum atomic E-state index is -5.08. The van der Waals surface area contributed by atoms with Gasteiger partial charge in [-0.15, -0.1) is 11.3 Å². The van der Waals surface area contributed by atoms with Crippen molar-refractivity contribution < 1.29 is 32.7 Å². The number of carbonyl (C=O) groups excluding carboxylic acids is 2. The molecule has 2 aliphatic rings. The number of pyridine rings is 1. The van der Waals surface area contributed by atoms with E-state index in [2.05, 4.69) is 4.98 Å². The molecule has 1 N–H and O–H groups in total. The number of carboxylic acids is 1. The smallest absolute Gasteiger partial charge is 0.475 e. The molecule has 2 saturated heterocycles. The zero-order valence-corrected chi connectivity index (χ0v) is 17.3. The van der Waals surface area contributed by atoms with Gasteiger partial charge in [0.15, 0.2) is 0 Å². The van der Waals surface area contributed by atoms with Crippen LogP contribution in [0.25, 0.3) is 0 Å². The van der Waals surface area contributed by atoms with Crippen LogP contribution in [-0.2, 0) is 16.1 Å². The molecule has 2 atom stereocenters. The maximum Gasteiger partial charge on any atom is 0.490 e. The van der Waals surface area contributed by atoms with E-state index < -0.39 is 12.1 Å². The second kappa shape index (κ2) is 9.04. The van der Waals surface area contributed by atoms with Crippen molar-refractivity contribution in [3.63, 3.8) is 0 Å². The largest absolute Gasteiger partial charge is 0.490 e. The van der Waals surface area contributed by atoms with Crippen LogP contribution in [0.4, 0.5) is 13.2 Å². The molecular formula is C20H20F3N3O4S. The second-order valence-corrected chi connectivity index (χ2v) is 8.15. The summed E-state index contributed by atoms with van der Waals surface area (Å²) < 4.78 is 31.7. The van der Waals surface area contributed by atoms with Gasteiger partial charge >= 0.3 is 12.1 Å². The van der Waals surface area contributed by atoms with Crippen molar-refractivity contribution in [1.82, 2.24) is 14.8 Å². The van der Waals surface area contributed by atoms with E-state index in [-0.39, 0.29) is 23.9 Å². The van der Waals surface area contributed by atoms with Gasteiger partial charge in [0, 0.05) is 18.7 Å². The van der Waals surface area contributed by atoms with Gasteiger partial charge in [0.25, 0.3) is 5.91 Å². The van der Waals surface area contributed by atoms with Gasteiger partial charge in [-0.25, -0.2) is 4.79 Å².